The van der Waals surface area contributed by atoms with Crippen molar-refractivity contribution in [3.8, 4) is 0 Å². The molecule has 2 saturated heterocycles. The molecule has 11 heteroatoms. The van der Waals surface area contributed by atoms with E-state index in [1.807, 2.05) is 11.8 Å². The number of anilines is 3. The van der Waals surface area contributed by atoms with Gasteiger partial charge < -0.3 is 24.6 Å². The third-order valence-corrected chi connectivity index (χ3v) is 6.60. The molecule has 2 aromatic rings. The number of piperazine rings is 1. The summed E-state index contributed by atoms with van der Waals surface area (Å²) in [7, 11) is 0. The molecule has 0 aliphatic carbocycles. The Balaban J connectivity index is 1.25. The Morgan fingerprint density at radius 3 is 2.37 bits per heavy atom. The molecule has 0 spiro atoms. The quantitative estimate of drug-likeness (QED) is 0.525. The first-order valence-corrected chi connectivity index (χ1v) is 12.7. The highest BCUT2D eigenvalue weighted by molar-refractivity contribution is 5.94. The van der Waals surface area contributed by atoms with Gasteiger partial charge in [0.15, 0.2) is 6.61 Å². The number of cyclic esters (lactones) is 1. The fourth-order valence-corrected chi connectivity index (χ4v) is 4.30. The summed E-state index contributed by atoms with van der Waals surface area (Å²) in [6, 6.07) is 10.9. The average molecular weight is 527 g/mol. The van der Waals surface area contributed by atoms with Gasteiger partial charge in [0, 0.05) is 38.3 Å². The first-order chi connectivity index (χ1) is 18.3. The second-order valence-corrected chi connectivity index (χ2v) is 9.08. The zero-order chi connectivity index (χ0) is 27.2. The van der Waals surface area contributed by atoms with E-state index < -0.39 is 24.5 Å². The monoisotopic (exact) mass is 526 g/mol. The number of rotatable bonds is 8. The number of hydrogen-bond donors (Lipinski definition) is 1. The van der Waals surface area contributed by atoms with Crippen LogP contribution >= 0.6 is 0 Å². The van der Waals surface area contributed by atoms with Gasteiger partial charge in [-0.3, -0.25) is 14.5 Å². The highest BCUT2D eigenvalue weighted by Gasteiger charge is 2.32. The Bertz CT molecular complexity index is 1200. The van der Waals surface area contributed by atoms with Crippen molar-refractivity contribution < 1.29 is 33.0 Å². The van der Waals surface area contributed by atoms with Gasteiger partial charge in [0.2, 0.25) is 5.91 Å². The van der Waals surface area contributed by atoms with Crippen LogP contribution in [0, 0.1) is 5.82 Å². The van der Waals surface area contributed by atoms with Gasteiger partial charge in [0.1, 0.15) is 11.9 Å². The molecule has 0 radical (unpaired) electrons. The summed E-state index contributed by atoms with van der Waals surface area (Å²) in [5.41, 5.74) is 1.68. The molecule has 0 unspecified atom stereocenters. The minimum atomic E-state index is -0.639. The lowest BCUT2D eigenvalue weighted by atomic mass is 10.2. The van der Waals surface area contributed by atoms with Crippen molar-refractivity contribution in [2.24, 2.45) is 0 Å². The topological polar surface area (TPSA) is 108 Å². The maximum Gasteiger partial charge on any atom is 0.414 e. The fraction of sp³-hybridized carbons (Fsp3) is 0.407. The van der Waals surface area contributed by atoms with Crippen LogP contribution in [-0.2, 0) is 19.1 Å². The zero-order valence-corrected chi connectivity index (χ0v) is 21.4. The molecule has 2 fully saturated rings. The van der Waals surface area contributed by atoms with Gasteiger partial charge in [0.05, 0.1) is 23.5 Å². The summed E-state index contributed by atoms with van der Waals surface area (Å²) >= 11 is 0. The van der Waals surface area contributed by atoms with E-state index in [4.69, 9.17) is 9.47 Å². The number of benzene rings is 2. The van der Waals surface area contributed by atoms with Gasteiger partial charge in [0.25, 0.3) is 5.91 Å². The SMILES string of the molecule is CCC(=O)Nc1ccc(C(=O)OCC(=O)N2CCN(c3ccc(N4C[C@H](CC)OC4=O)cc3F)CC2)cc1. The van der Waals surface area contributed by atoms with Crippen molar-refractivity contribution in [1.29, 1.82) is 0 Å². The maximum atomic E-state index is 14.9. The molecule has 1 atom stereocenters. The number of halogens is 1. The normalized spacial score (nSPS) is 17.3. The third kappa shape index (κ3) is 6.21. The number of ether oxygens (including phenoxy) is 2. The van der Waals surface area contributed by atoms with Gasteiger partial charge in [-0.05, 0) is 48.9 Å². The number of hydrogen-bond acceptors (Lipinski definition) is 7. The van der Waals surface area contributed by atoms with E-state index in [2.05, 4.69) is 5.32 Å². The summed E-state index contributed by atoms with van der Waals surface area (Å²) in [6.07, 6.45) is 0.361. The highest BCUT2D eigenvalue weighted by Crippen LogP contribution is 2.29. The van der Waals surface area contributed by atoms with E-state index in [1.54, 1.807) is 36.1 Å². The maximum absolute atomic E-state index is 14.9. The Hall–Kier alpha value is -4.15. The summed E-state index contributed by atoms with van der Waals surface area (Å²) in [5.74, 6) is -1.56. The molecule has 10 nitrogen and oxygen atoms in total. The van der Waals surface area contributed by atoms with Crippen LogP contribution in [0.4, 0.5) is 26.2 Å². The molecule has 2 aliphatic rings. The molecule has 2 aliphatic heterocycles. The molecular weight excluding hydrogens is 495 g/mol. The van der Waals surface area contributed by atoms with Crippen molar-refractivity contribution >= 4 is 40.9 Å². The van der Waals surface area contributed by atoms with Gasteiger partial charge in [-0.1, -0.05) is 13.8 Å². The largest absolute Gasteiger partial charge is 0.452 e. The van der Waals surface area contributed by atoms with Crippen molar-refractivity contribution in [2.45, 2.75) is 32.8 Å². The van der Waals surface area contributed by atoms with Crippen molar-refractivity contribution in [2.75, 3.05) is 54.4 Å². The first kappa shape index (κ1) is 26.9. The molecule has 202 valence electrons. The molecular formula is C27H31FN4O6. The lowest BCUT2D eigenvalue weighted by molar-refractivity contribution is -0.134. The molecule has 0 aromatic heterocycles. The molecule has 38 heavy (non-hydrogen) atoms. The van der Waals surface area contributed by atoms with Crippen LogP contribution in [0.3, 0.4) is 0 Å². The molecule has 1 N–H and O–H groups in total. The number of nitrogens with zero attached hydrogens (tertiary/aromatic N) is 3. The van der Waals surface area contributed by atoms with Crippen LogP contribution in [-0.4, -0.2) is 74.2 Å². The summed E-state index contributed by atoms with van der Waals surface area (Å²) in [6.45, 7) is 5.16. The Morgan fingerprint density at radius 1 is 1.05 bits per heavy atom. The van der Waals surface area contributed by atoms with Crippen LogP contribution in [0.1, 0.15) is 37.0 Å². The Morgan fingerprint density at radius 2 is 1.76 bits per heavy atom. The number of carbonyl (C=O) groups excluding carboxylic acids is 4. The van der Waals surface area contributed by atoms with E-state index in [-0.39, 0.29) is 23.5 Å². The van der Waals surface area contributed by atoms with Crippen LogP contribution in [0.25, 0.3) is 0 Å². The summed E-state index contributed by atoms with van der Waals surface area (Å²) < 4.78 is 25.4. The van der Waals surface area contributed by atoms with E-state index in [9.17, 15) is 23.6 Å². The number of amides is 3. The molecule has 0 bridgehead atoms. The average Bonchev–Trinajstić information content (AvgIpc) is 3.32. The van der Waals surface area contributed by atoms with Crippen LogP contribution in [0.5, 0.6) is 0 Å². The highest BCUT2D eigenvalue weighted by atomic mass is 19.1. The first-order valence-electron chi connectivity index (χ1n) is 12.7. The standard InChI is InChI=1S/C27H31FN4O6/c1-3-21-16-32(27(36)38-21)20-9-10-23(22(28)15-20)30-11-13-31(14-12-30)25(34)17-37-26(35)18-5-7-19(8-6-18)29-24(33)4-2/h5-10,15,21H,3-4,11-14,16-17H2,1-2H3,(H,29,33)/t21-/m0/s1. The Labute approximate surface area is 220 Å². The summed E-state index contributed by atoms with van der Waals surface area (Å²) in [5, 5.41) is 2.69. The lowest BCUT2D eigenvalue weighted by Gasteiger charge is -2.36. The molecule has 0 saturated carbocycles. The molecule has 2 aromatic carbocycles. The number of nitrogens with one attached hydrogen (secondary N) is 1. The summed E-state index contributed by atoms with van der Waals surface area (Å²) in [4.78, 5) is 53.3. The van der Waals surface area contributed by atoms with Crippen LogP contribution in [0.2, 0.25) is 0 Å². The van der Waals surface area contributed by atoms with Gasteiger partial charge >= 0.3 is 12.1 Å². The number of carbonyl (C=O) groups is 4. The second-order valence-electron chi connectivity index (χ2n) is 9.08. The van der Waals surface area contributed by atoms with Crippen LogP contribution < -0.4 is 15.1 Å². The van der Waals surface area contributed by atoms with Gasteiger partial charge in [-0.25, -0.2) is 14.0 Å². The van der Waals surface area contributed by atoms with Crippen molar-refractivity contribution in [3.05, 3.63) is 53.8 Å². The molecule has 4 rings (SSSR count). The van der Waals surface area contributed by atoms with Gasteiger partial charge in [-0.2, -0.15) is 0 Å². The van der Waals surface area contributed by atoms with E-state index in [1.165, 1.54) is 23.1 Å². The smallest absolute Gasteiger partial charge is 0.414 e. The van der Waals surface area contributed by atoms with E-state index in [0.29, 0.717) is 62.6 Å². The fourth-order valence-electron chi connectivity index (χ4n) is 4.30. The predicted molar refractivity (Wildman–Crippen MR) is 139 cm³/mol. The van der Waals surface area contributed by atoms with E-state index >= 15 is 0 Å². The zero-order valence-electron chi connectivity index (χ0n) is 21.4. The van der Waals surface area contributed by atoms with Crippen molar-refractivity contribution in [1.82, 2.24) is 4.90 Å². The Kier molecular flexibility index (Phi) is 8.45. The second kappa shape index (κ2) is 11.9. The van der Waals surface area contributed by atoms with Gasteiger partial charge in [-0.15, -0.1) is 0 Å². The molecule has 3 amide bonds. The minimum absolute atomic E-state index is 0.135. The minimum Gasteiger partial charge on any atom is -0.452 e. The number of esters is 1. The van der Waals surface area contributed by atoms with Crippen LogP contribution in [0.15, 0.2) is 42.5 Å². The predicted octanol–water partition coefficient (Wildman–Crippen LogP) is 3.42. The lowest BCUT2D eigenvalue weighted by Crippen LogP contribution is -2.50. The third-order valence-electron chi connectivity index (χ3n) is 6.60. The van der Waals surface area contributed by atoms with E-state index in [0.717, 1.165) is 0 Å². The van der Waals surface area contributed by atoms with Crippen molar-refractivity contribution in [3.63, 3.8) is 0 Å². The molecule has 2 heterocycles.